The molecular formula is C19H20ClN3O2. The summed E-state index contributed by atoms with van der Waals surface area (Å²) in [5.74, 6) is -0.108. The molecule has 0 N–H and O–H groups in total. The van der Waals surface area contributed by atoms with Crippen LogP contribution < -0.4 is 4.90 Å². The molecule has 1 aromatic heterocycles. The fourth-order valence-corrected chi connectivity index (χ4v) is 3.19. The van der Waals surface area contributed by atoms with E-state index in [4.69, 9.17) is 11.6 Å². The van der Waals surface area contributed by atoms with E-state index in [9.17, 15) is 9.59 Å². The predicted molar refractivity (Wildman–Crippen MR) is 97.5 cm³/mol. The van der Waals surface area contributed by atoms with E-state index in [2.05, 4.69) is 4.98 Å². The molecule has 2 aromatic rings. The minimum Gasteiger partial charge on any atom is -0.329 e. The highest BCUT2D eigenvalue weighted by molar-refractivity contribution is 6.30. The number of aromatic nitrogens is 1. The van der Waals surface area contributed by atoms with Crippen molar-refractivity contribution < 1.29 is 9.59 Å². The predicted octanol–water partition coefficient (Wildman–Crippen LogP) is 2.93. The molecule has 0 spiro atoms. The summed E-state index contributed by atoms with van der Waals surface area (Å²) in [6, 6.07) is 12.8. The van der Waals surface area contributed by atoms with Gasteiger partial charge in [0.1, 0.15) is 6.54 Å². The number of pyridine rings is 1. The summed E-state index contributed by atoms with van der Waals surface area (Å²) in [6.45, 7) is 2.52. The first-order valence-corrected chi connectivity index (χ1v) is 8.67. The normalized spacial score (nSPS) is 17.7. The minimum atomic E-state index is -0.0912. The lowest BCUT2D eigenvalue weighted by Gasteiger charge is -2.39. The molecule has 1 aliphatic rings. The number of nitrogens with zero attached hydrogens (tertiary/aromatic N) is 3. The van der Waals surface area contributed by atoms with Gasteiger partial charge in [-0.3, -0.25) is 14.6 Å². The van der Waals surface area contributed by atoms with Gasteiger partial charge in [0.05, 0.1) is 0 Å². The summed E-state index contributed by atoms with van der Waals surface area (Å²) in [5.41, 5.74) is 1.65. The number of benzene rings is 1. The number of hydrogen-bond donors (Lipinski definition) is 0. The molecule has 0 aliphatic carbocycles. The second kappa shape index (κ2) is 7.66. The van der Waals surface area contributed by atoms with Gasteiger partial charge in [-0.2, -0.15) is 0 Å². The van der Waals surface area contributed by atoms with Gasteiger partial charge < -0.3 is 9.80 Å². The van der Waals surface area contributed by atoms with E-state index in [1.54, 1.807) is 28.1 Å². The third-order valence-corrected chi connectivity index (χ3v) is 4.58. The van der Waals surface area contributed by atoms with E-state index >= 15 is 0 Å². The number of halogens is 1. The quantitative estimate of drug-likeness (QED) is 0.845. The van der Waals surface area contributed by atoms with Gasteiger partial charge in [-0.15, -0.1) is 0 Å². The molecule has 1 aliphatic heterocycles. The van der Waals surface area contributed by atoms with E-state index in [0.29, 0.717) is 24.4 Å². The average molecular weight is 358 g/mol. The minimum absolute atomic E-state index is 0.0164. The molecule has 1 saturated heterocycles. The standard InChI is InChI=1S/C19H20ClN3O2/c1-14-12-23(17-7-4-5-15(20)11-17)19(25)13-22(14)18(24)9-8-16-6-2-3-10-21-16/h2-7,10-11,14H,8-9,12-13H2,1H3/t14-/m1/s1. The first-order chi connectivity index (χ1) is 12.0. The molecular weight excluding hydrogens is 338 g/mol. The van der Waals surface area contributed by atoms with Crippen molar-refractivity contribution in [1.29, 1.82) is 0 Å². The van der Waals surface area contributed by atoms with Gasteiger partial charge in [0.15, 0.2) is 0 Å². The molecule has 1 atom stereocenters. The highest BCUT2D eigenvalue weighted by Gasteiger charge is 2.32. The number of carbonyl (C=O) groups excluding carboxylic acids is 2. The van der Waals surface area contributed by atoms with E-state index in [-0.39, 0.29) is 24.4 Å². The third-order valence-electron chi connectivity index (χ3n) is 4.35. The Bertz CT molecular complexity index is 766. The molecule has 2 heterocycles. The molecule has 6 heteroatoms. The first-order valence-electron chi connectivity index (χ1n) is 8.30. The lowest BCUT2D eigenvalue weighted by atomic mass is 10.1. The smallest absolute Gasteiger partial charge is 0.246 e. The summed E-state index contributed by atoms with van der Waals surface area (Å²) in [6.07, 6.45) is 2.65. The largest absolute Gasteiger partial charge is 0.329 e. The van der Waals surface area contributed by atoms with Crippen LogP contribution in [0.5, 0.6) is 0 Å². The van der Waals surface area contributed by atoms with E-state index in [1.807, 2.05) is 37.3 Å². The summed E-state index contributed by atoms with van der Waals surface area (Å²) < 4.78 is 0. The van der Waals surface area contributed by atoms with Crippen molar-refractivity contribution in [3.05, 3.63) is 59.4 Å². The fraction of sp³-hybridized carbons (Fsp3) is 0.316. The maximum absolute atomic E-state index is 12.5. The van der Waals surface area contributed by atoms with Crippen molar-refractivity contribution in [3.63, 3.8) is 0 Å². The van der Waals surface area contributed by atoms with Gasteiger partial charge in [0.2, 0.25) is 11.8 Å². The zero-order valence-corrected chi connectivity index (χ0v) is 14.8. The zero-order valence-electron chi connectivity index (χ0n) is 14.1. The van der Waals surface area contributed by atoms with Crippen molar-refractivity contribution in [2.45, 2.75) is 25.8 Å². The van der Waals surface area contributed by atoms with E-state index in [0.717, 1.165) is 11.4 Å². The van der Waals surface area contributed by atoms with Gasteiger partial charge in [-0.05, 0) is 43.7 Å². The van der Waals surface area contributed by atoms with Crippen LogP contribution in [0.25, 0.3) is 0 Å². The van der Waals surface area contributed by atoms with Crippen LogP contribution in [-0.4, -0.2) is 40.8 Å². The Balaban J connectivity index is 1.63. The summed E-state index contributed by atoms with van der Waals surface area (Å²) in [7, 11) is 0. The Kier molecular flexibility index (Phi) is 5.34. The van der Waals surface area contributed by atoms with Crippen LogP contribution in [0.2, 0.25) is 5.02 Å². The molecule has 1 aromatic carbocycles. The molecule has 3 rings (SSSR count). The molecule has 0 bridgehead atoms. The average Bonchev–Trinajstić information content (AvgIpc) is 2.62. The maximum atomic E-state index is 12.5. The summed E-state index contributed by atoms with van der Waals surface area (Å²) >= 11 is 6.02. The molecule has 5 nitrogen and oxygen atoms in total. The molecule has 2 amide bonds. The molecule has 0 saturated carbocycles. The lowest BCUT2D eigenvalue weighted by Crippen LogP contribution is -2.57. The number of piperazine rings is 1. The van der Waals surface area contributed by atoms with Gasteiger partial charge in [-0.25, -0.2) is 0 Å². The topological polar surface area (TPSA) is 53.5 Å². The maximum Gasteiger partial charge on any atom is 0.246 e. The Morgan fingerprint density at radius 1 is 1.28 bits per heavy atom. The Morgan fingerprint density at radius 3 is 2.84 bits per heavy atom. The van der Waals surface area contributed by atoms with Gasteiger partial charge >= 0.3 is 0 Å². The van der Waals surface area contributed by atoms with Gasteiger partial charge in [-0.1, -0.05) is 23.7 Å². The van der Waals surface area contributed by atoms with Crippen molar-refractivity contribution in [3.8, 4) is 0 Å². The number of amides is 2. The highest BCUT2D eigenvalue weighted by atomic mass is 35.5. The van der Waals surface area contributed by atoms with E-state index < -0.39 is 0 Å². The summed E-state index contributed by atoms with van der Waals surface area (Å²) in [4.78, 5) is 32.6. The van der Waals surface area contributed by atoms with Gasteiger partial charge in [0, 0.05) is 41.6 Å². The SMILES string of the molecule is C[C@@H]1CN(c2cccc(Cl)c2)C(=O)CN1C(=O)CCc1ccccn1. The first kappa shape index (κ1) is 17.4. The highest BCUT2D eigenvalue weighted by Crippen LogP contribution is 2.23. The number of rotatable bonds is 4. The molecule has 0 radical (unpaired) electrons. The third kappa shape index (κ3) is 4.17. The number of anilines is 1. The Hall–Kier alpha value is -2.40. The zero-order chi connectivity index (χ0) is 17.8. The number of hydrogen-bond acceptors (Lipinski definition) is 3. The van der Waals surface area contributed by atoms with Crippen LogP contribution in [0.4, 0.5) is 5.69 Å². The Morgan fingerprint density at radius 2 is 2.12 bits per heavy atom. The molecule has 25 heavy (non-hydrogen) atoms. The van der Waals surface area contributed by atoms with Crippen LogP contribution in [-0.2, 0) is 16.0 Å². The van der Waals surface area contributed by atoms with Crippen molar-refractivity contribution in [2.24, 2.45) is 0 Å². The summed E-state index contributed by atoms with van der Waals surface area (Å²) in [5, 5.41) is 0.590. The van der Waals surface area contributed by atoms with Crippen molar-refractivity contribution in [2.75, 3.05) is 18.0 Å². The molecule has 0 unspecified atom stereocenters. The second-order valence-corrected chi connectivity index (χ2v) is 6.61. The van der Waals surface area contributed by atoms with Gasteiger partial charge in [0.25, 0.3) is 0 Å². The number of aryl methyl sites for hydroxylation is 1. The molecule has 1 fully saturated rings. The molecule has 130 valence electrons. The monoisotopic (exact) mass is 357 g/mol. The van der Waals surface area contributed by atoms with Crippen molar-refractivity contribution >= 4 is 29.1 Å². The Labute approximate surface area is 152 Å². The van der Waals surface area contributed by atoms with E-state index in [1.165, 1.54) is 0 Å². The van der Waals surface area contributed by atoms with Crippen LogP contribution in [0, 0.1) is 0 Å². The number of carbonyl (C=O) groups is 2. The van der Waals surface area contributed by atoms with Crippen LogP contribution in [0.3, 0.4) is 0 Å². The van der Waals surface area contributed by atoms with Crippen molar-refractivity contribution in [1.82, 2.24) is 9.88 Å². The lowest BCUT2D eigenvalue weighted by molar-refractivity contribution is -0.139. The van der Waals surface area contributed by atoms with Crippen LogP contribution in [0.1, 0.15) is 19.0 Å². The fourth-order valence-electron chi connectivity index (χ4n) is 3.00. The second-order valence-electron chi connectivity index (χ2n) is 6.18. The van der Waals surface area contributed by atoms with Crippen LogP contribution >= 0.6 is 11.6 Å². The van der Waals surface area contributed by atoms with Crippen LogP contribution in [0.15, 0.2) is 48.7 Å².